The van der Waals surface area contributed by atoms with Crippen LogP contribution in [-0.2, 0) is 15.3 Å². The molecule has 1 aromatic rings. The molecular formula is C11H15FO2. The Morgan fingerprint density at radius 2 is 1.64 bits per heavy atom. The number of halogens is 1. The number of rotatable bonds is 4. The Bertz CT molecular complexity index is 268. The van der Waals surface area contributed by atoms with E-state index in [1.165, 1.54) is 21.1 Å². The zero-order valence-electron chi connectivity index (χ0n) is 8.66. The van der Waals surface area contributed by atoms with E-state index < -0.39 is 12.0 Å². The highest BCUT2D eigenvalue weighted by Crippen LogP contribution is 2.31. The zero-order chi connectivity index (χ0) is 10.6. The van der Waals surface area contributed by atoms with Crippen LogP contribution in [0.15, 0.2) is 30.3 Å². The highest BCUT2D eigenvalue weighted by molar-refractivity contribution is 5.21. The molecule has 0 aromatic heterocycles. The van der Waals surface area contributed by atoms with Gasteiger partial charge in [-0.3, -0.25) is 0 Å². The average molecular weight is 198 g/mol. The molecule has 0 heterocycles. The summed E-state index contributed by atoms with van der Waals surface area (Å²) in [5.41, 5.74) is 0.681. The Kier molecular flexibility index (Phi) is 3.61. The van der Waals surface area contributed by atoms with Crippen molar-refractivity contribution in [3.05, 3.63) is 35.9 Å². The van der Waals surface area contributed by atoms with Gasteiger partial charge in [-0.2, -0.15) is 0 Å². The SMILES string of the molecule is COC(OC)(c1ccccc1)C(C)F. The van der Waals surface area contributed by atoms with Crippen LogP contribution in [-0.4, -0.2) is 20.4 Å². The van der Waals surface area contributed by atoms with E-state index in [0.717, 1.165) is 0 Å². The van der Waals surface area contributed by atoms with Gasteiger partial charge in [-0.15, -0.1) is 0 Å². The molecule has 0 aliphatic carbocycles. The van der Waals surface area contributed by atoms with E-state index in [1.807, 2.05) is 18.2 Å². The minimum Gasteiger partial charge on any atom is -0.347 e. The van der Waals surface area contributed by atoms with Crippen molar-refractivity contribution in [2.24, 2.45) is 0 Å². The molecule has 1 rings (SSSR count). The van der Waals surface area contributed by atoms with Crippen LogP contribution in [0.4, 0.5) is 4.39 Å². The molecule has 0 saturated heterocycles. The summed E-state index contributed by atoms with van der Waals surface area (Å²) in [5.74, 6) is -1.29. The molecule has 0 aliphatic rings. The molecule has 14 heavy (non-hydrogen) atoms. The van der Waals surface area contributed by atoms with Crippen LogP contribution < -0.4 is 0 Å². The molecule has 0 aliphatic heterocycles. The van der Waals surface area contributed by atoms with Crippen LogP contribution in [0.1, 0.15) is 12.5 Å². The summed E-state index contributed by atoms with van der Waals surface area (Å²) in [4.78, 5) is 0. The number of ether oxygens (including phenoxy) is 2. The maximum absolute atomic E-state index is 13.5. The number of methoxy groups -OCH3 is 2. The summed E-state index contributed by atoms with van der Waals surface area (Å²) in [5, 5.41) is 0. The van der Waals surface area contributed by atoms with Crippen molar-refractivity contribution in [2.75, 3.05) is 14.2 Å². The maximum atomic E-state index is 13.5. The van der Waals surface area contributed by atoms with Gasteiger partial charge in [-0.1, -0.05) is 30.3 Å². The van der Waals surface area contributed by atoms with Crippen LogP contribution in [0.5, 0.6) is 0 Å². The average Bonchev–Trinajstić information content (AvgIpc) is 2.22. The molecule has 2 nitrogen and oxygen atoms in total. The number of hydrogen-bond acceptors (Lipinski definition) is 2. The molecule has 1 unspecified atom stereocenters. The molecule has 0 spiro atoms. The first kappa shape index (κ1) is 11.1. The summed E-state index contributed by atoms with van der Waals surface area (Å²) in [6.45, 7) is 1.42. The van der Waals surface area contributed by atoms with E-state index in [-0.39, 0.29) is 0 Å². The Labute approximate surface area is 83.6 Å². The lowest BCUT2D eigenvalue weighted by Crippen LogP contribution is -2.39. The minimum atomic E-state index is -1.29. The van der Waals surface area contributed by atoms with Gasteiger partial charge < -0.3 is 9.47 Å². The van der Waals surface area contributed by atoms with Crippen molar-refractivity contribution >= 4 is 0 Å². The first-order valence-electron chi connectivity index (χ1n) is 4.47. The van der Waals surface area contributed by atoms with E-state index >= 15 is 0 Å². The van der Waals surface area contributed by atoms with E-state index in [2.05, 4.69) is 0 Å². The fourth-order valence-corrected chi connectivity index (χ4v) is 1.54. The van der Waals surface area contributed by atoms with Crippen molar-refractivity contribution in [1.29, 1.82) is 0 Å². The molecular weight excluding hydrogens is 183 g/mol. The summed E-state index contributed by atoms with van der Waals surface area (Å²) in [6.07, 6.45) is -1.24. The van der Waals surface area contributed by atoms with Crippen LogP contribution in [0.3, 0.4) is 0 Å². The van der Waals surface area contributed by atoms with Crippen molar-refractivity contribution < 1.29 is 13.9 Å². The summed E-state index contributed by atoms with van der Waals surface area (Å²) >= 11 is 0. The summed E-state index contributed by atoms with van der Waals surface area (Å²) in [6, 6.07) is 9.07. The van der Waals surface area contributed by atoms with E-state index in [0.29, 0.717) is 5.56 Å². The highest BCUT2D eigenvalue weighted by Gasteiger charge is 2.38. The topological polar surface area (TPSA) is 18.5 Å². The Balaban J connectivity index is 3.11. The predicted molar refractivity (Wildman–Crippen MR) is 52.7 cm³/mol. The van der Waals surface area contributed by atoms with Gasteiger partial charge in [-0.05, 0) is 6.92 Å². The van der Waals surface area contributed by atoms with Crippen LogP contribution in [0.25, 0.3) is 0 Å². The fraction of sp³-hybridized carbons (Fsp3) is 0.455. The second-order valence-corrected chi connectivity index (χ2v) is 3.06. The number of hydrogen-bond donors (Lipinski definition) is 0. The molecule has 0 amide bonds. The highest BCUT2D eigenvalue weighted by atomic mass is 19.1. The van der Waals surface area contributed by atoms with E-state index in [4.69, 9.17) is 9.47 Å². The lowest BCUT2D eigenvalue weighted by atomic mass is 10.0. The molecule has 0 fully saturated rings. The molecule has 1 aromatic carbocycles. The molecule has 0 N–H and O–H groups in total. The van der Waals surface area contributed by atoms with Crippen LogP contribution in [0, 0.1) is 0 Å². The predicted octanol–water partition coefficient (Wildman–Crippen LogP) is 2.49. The fourth-order valence-electron chi connectivity index (χ4n) is 1.54. The third-order valence-corrected chi connectivity index (χ3v) is 2.31. The molecule has 78 valence electrons. The summed E-state index contributed by atoms with van der Waals surface area (Å²) in [7, 11) is 2.87. The van der Waals surface area contributed by atoms with Gasteiger partial charge in [-0.25, -0.2) is 4.39 Å². The van der Waals surface area contributed by atoms with Crippen molar-refractivity contribution in [2.45, 2.75) is 18.9 Å². The van der Waals surface area contributed by atoms with Gasteiger partial charge in [0.2, 0.25) is 5.79 Å². The molecule has 3 heteroatoms. The quantitative estimate of drug-likeness (QED) is 0.692. The van der Waals surface area contributed by atoms with E-state index in [9.17, 15) is 4.39 Å². The largest absolute Gasteiger partial charge is 0.347 e. The van der Waals surface area contributed by atoms with Gasteiger partial charge in [0.25, 0.3) is 0 Å². The van der Waals surface area contributed by atoms with Gasteiger partial charge in [0.15, 0.2) is 6.17 Å². The lowest BCUT2D eigenvalue weighted by Gasteiger charge is -2.32. The van der Waals surface area contributed by atoms with Crippen molar-refractivity contribution in [1.82, 2.24) is 0 Å². The minimum absolute atomic E-state index is 0.681. The zero-order valence-corrected chi connectivity index (χ0v) is 8.66. The lowest BCUT2D eigenvalue weighted by molar-refractivity contribution is -0.249. The molecule has 0 bridgehead atoms. The van der Waals surface area contributed by atoms with Crippen molar-refractivity contribution in [3.63, 3.8) is 0 Å². The Hall–Kier alpha value is -0.930. The van der Waals surface area contributed by atoms with Crippen LogP contribution >= 0.6 is 0 Å². The van der Waals surface area contributed by atoms with Gasteiger partial charge in [0.05, 0.1) is 0 Å². The smallest absolute Gasteiger partial charge is 0.226 e. The Morgan fingerprint density at radius 1 is 1.14 bits per heavy atom. The third kappa shape index (κ3) is 1.79. The van der Waals surface area contributed by atoms with Crippen molar-refractivity contribution in [3.8, 4) is 0 Å². The number of alkyl halides is 1. The maximum Gasteiger partial charge on any atom is 0.226 e. The second-order valence-electron chi connectivity index (χ2n) is 3.06. The third-order valence-electron chi connectivity index (χ3n) is 2.31. The first-order valence-corrected chi connectivity index (χ1v) is 4.47. The van der Waals surface area contributed by atoms with Gasteiger partial charge in [0, 0.05) is 19.8 Å². The monoisotopic (exact) mass is 198 g/mol. The van der Waals surface area contributed by atoms with Gasteiger partial charge in [0.1, 0.15) is 0 Å². The standard InChI is InChI=1S/C11H15FO2/c1-9(12)11(13-2,14-3)10-7-5-4-6-8-10/h4-9H,1-3H3. The first-order chi connectivity index (χ1) is 6.67. The molecule has 0 saturated carbocycles. The van der Waals surface area contributed by atoms with E-state index in [1.54, 1.807) is 12.1 Å². The normalized spacial score (nSPS) is 14.0. The number of benzene rings is 1. The Morgan fingerprint density at radius 3 is 2.00 bits per heavy atom. The molecule has 1 atom stereocenters. The molecule has 0 radical (unpaired) electrons. The van der Waals surface area contributed by atoms with Gasteiger partial charge >= 0.3 is 0 Å². The second kappa shape index (κ2) is 4.53. The van der Waals surface area contributed by atoms with Crippen LogP contribution in [0.2, 0.25) is 0 Å². The summed E-state index contributed by atoms with van der Waals surface area (Å²) < 4.78 is 23.7.